The molecule has 0 unspecified atom stereocenters. The molecule has 0 saturated carbocycles. The Hall–Kier alpha value is -0.980. The third-order valence-electron chi connectivity index (χ3n) is 3.76. The van der Waals surface area contributed by atoms with Crippen molar-refractivity contribution in [1.29, 1.82) is 0 Å². The van der Waals surface area contributed by atoms with Crippen LogP contribution in [0.1, 0.15) is 51.4 Å². The van der Waals surface area contributed by atoms with Gasteiger partial charge in [-0.3, -0.25) is 4.90 Å². The molecule has 1 aromatic rings. The number of nitrogens with one attached hydrogen (secondary N) is 1. The molecule has 0 bridgehead atoms. The van der Waals surface area contributed by atoms with Gasteiger partial charge in [-0.15, -0.1) is 0 Å². The maximum Gasteiger partial charge on any atom is 0.243 e. The van der Waals surface area contributed by atoms with E-state index in [0.717, 1.165) is 13.1 Å². The van der Waals surface area contributed by atoms with Crippen LogP contribution in [0.2, 0.25) is 0 Å². The molecule has 1 aliphatic rings. The van der Waals surface area contributed by atoms with Crippen LogP contribution in [0.25, 0.3) is 0 Å². The number of hydrogen-bond donors (Lipinski definition) is 1. The summed E-state index contributed by atoms with van der Waals surface area (Å²) in [7, 11) is 1.63. The van der Waals surface area contributed by atoms with E-state index in [0.29, 0.717) is 30.4 Å². The van der Waals surface area contributed by atoms with Gasteiger partial charge in [-0.25, -0.2) is 0 Å². The summed E-state index contributed by atoms with van der Waals surface area (Å²) >= 11 is 0. The molecule has 1 saturated heterocycles. The van der Waals surface area contributed by atoms with Crippen molar-refractivity contribution in [3.05, 3.63) is 11.7 Å². The van der Waals surface area contributed by atoms with Crippen LogP contribution < -0.4 is 5.32 Å². The van der Waals surface area contributed by atoms with Crippen LogP contribution in [0.3, 0.4) is 0 Å². The number of ether oxygens (including phenoxy) is 1. The van der Waals surface area contributed by atoms with Gasteiger partial charge in [0.15, 0.2) is 5.82 Å². The fraction of sp³-hybridized carbons (Fsp3) is 0.857. The molecular weight excluding hydrogens is 256 g/mol. The molecule has 1 aliphatic heterocycles. The number of methoxy groups -OCH3 is 1. The second-order valence-electron chi connectivity index (χ2n) is 5.79. The zero-order chi connectivity index (χ0) is 14.5. The first-order valence-corrected chi connectivity index (χ1v) is 7.41. The van der Waals surface area contributed by atoms with E-state index >= 15 is 0 Å². The van der Waals surface area contributed by atoms with Gasteiger partial charge in [-0.05, 0) is 19.8 Å². The van der Waals surface area contributed by atoms with Gasteiger partial charge in [0.2, 0.25) is 5.89 Å². The van der Waals surface area contributed by atoms with Crippen molar-refractivity contribution in [3.63, 3.8) is 0 Å². The molecule has 0 spiro atoms. The van der Waals surface area contributed by atoms with E-state index in [2.05, 4.69) is 41.1 Å². The molecule has 0 aliphatic carbocycles. The average Bonchev–Trinajstić information content (AvgIpc) is 2.87. The molecule has 6 heteroatoms. The van der Waals surface area contributed by atoms with E-state index in [1.165, 1.54) is 12.8 Å². The fourth-order valence-electron chi connectivity index (χ4n) is 2.71. The highest BCUT2D eigenvalue weighted by atomic mass is 16.5. The predicted octanol–water partition coefficient (Wildman–Crippen LogP) is 1.74. The summed E-state index contributed by atoms with van der Waals surface area (Å²) in [5, 5.41) is 7.53. The summed E-state index contributed by atoms with van der Waals surface area (Å²) in [6.45, 7) is 9.05. The largest absolute Gasteiger partial charge is 0.377 e. The lowest BCUT2D eigenvalue weighted by Crippen LogP contribution is -2.45. The summed E-state index contributed by atoms with van der Waals surface area (Å²) in [6, 6.07) is 1.36. The zero-order valence-electron chi connectivity index (χ0n) is 12.9. The standard InChI is InChI=1S/C14H26N4O2/c1-10(2)15-12-5-7-18(8-6-12)11(3)14-16-13(9-19-4)17-20-14/h10-12,15H,5-9H2,1-4H3/t11-/m0/s1. The van der Waals surface area contributed by atoms with Gasteiger partial charge in [0, 0.05) is 32.3 Å². The molecule has 0 amide bonds. The molecule has 114 valence electrons. The van der Waals surface area contributed by atoms with E-state index in [-0.39, 0.29) is 6.04 Å². The van der Waals surface area contributed by atoms with Crippen LogP contribution in [0.5, 0.6) is 0 Å². The van der Waals surface area contributed by atoms with E-state index in [9.17, 15) is 0 Å². The maximum absolute atomic E-state index is 5.33. The SMILES string of the molecule is COCc1noc([C@H](C)N2CCC(NC(C)C)CC2)n1. The highest BCUT2D eigenvalue weighted by Gasteiger charge is 2.26. The van der Waals surface area contributed by atoms with Crippen LogP contribution >= 0.6 is 0 Å². The summed E-state index contributed by atoms with van der Waals surface area (Å²) in [5.41, 5.74) is 0. The minimum atomic E-state index is 0.174. The first-order valence-electron chi connectivity index (χ1n) is 7.41. The topological polar surface area (TPSA) is 63.4 Å². The molecule has 2 rings (SSSR count). The average molecular weight is 282 g/mol. The summed E-state index contributed by atoms with van der Waals surface area (Å²) in [5.74, 6) is 1.30. The van der Waals surface area contributed by atoms with Gasteiger partial charge in [0.05, 0.1) is 6.04 Å². The van der Waals surface area contributed by atoms with Crippen LogP contribution in [0, 0.1) is 0 Å². The monoisotopic (exact) mass is 282 g/mol. The third-order valence-corrected chi connectivity index (χ3v) is 3.76. The number of piperidine rings is 1. The Kier molecular flexibility index (Phi) is 5.51. The number of rotatable bonds is 6. The second-order valence-corrected chi connectivity index (χ2v) is 5.79. The Morgan fingerprint density at radius 3 is 2.65 bits per heavy atom. The van der Waals surface area contributed by atoms with Gasteiger partial charge < -0.3 is 14.6 Å². The van der Waals surface area contributed by atoms with Crippen LogP contribution in [0.15, 0.2) is 4.52 Å². The van der Waals surface area contributed by atoms with Crippen molar-refractivity contribution in [2.45, 2.75) is 58.3 Å². The van der Waals surface area contributed by atoms with Crippen molar-refractivity contribution in [2.24, 2.45) is 0 Å². The number of aromatic nitrogens is 2. The van der Waals surface area contributed by atoms with Crippen LogP contribution in [0.4, 0.5) is 0 Å². The van der Waals surface area contributed by atoms with Crippen molar-refractivity contribution in [3.8, 4) is 0 Å². The molecule has 1 atom stereocenters. The molecule has 1 aromatic heterocycles. The normalized spacial score (nSPS) is 19.6. The van der Waals surface area contributed by atoms with E-state index < -0.39 is 0 Å². The van der Waals surface area contributed by atoms with Crippen LogP contribution in [-0.2, 0) is 11.3 Å². The highest BCUT2D eigenvalue weighted by Crippen LogP contribution is 2.23. The third kappa shape index (κ3) is 4.01. The quantitative estimate of drug-likeness (QED) is 0.857. The van der Waals surface area contributed by atoms with E-state index in [1.807, 2.05) is 0 Å². The molecule has 2 heterocycles. The first kappa shape index (κ1) is 15.4. The molecule has 1 N–H and O–H groups in total. The first-order chi connectivity index (χ1) is 9.60. The lowest BCUT2D eigenvalue weighted by molar-refractivity contribution is 0.127. The van der Waals surface area contributed by atoms with E-state index in [4.69, 9.17) is 9.26 Å². The predicted molar refractivity (Wildman–Crippen MR) is 76.3 cm³/mol. The lowest BCUT2D eigenvalue weighted by atomic mass is 10.0. The van der Waals surface area contributed by atoms with E-state index in [1.54, 1.807) is 7.11 Å². The highest BCUT2D eigenvalue weighted by molar-refractivity contribution is 4.93. The van der Waals surface area contributed by atoms with Gasteiger partial charge >= 0.3 is 0 Å². The van der Waals surface area contributed by atoms with Crippen molar-refractivity contribution >= 4 is 0 Å². The summed E-state index contributed by atoms with van der Waals surface area (Å²) in [6.07, 6.45) is 2.34. The zero-order valence-corrected chi connectivity index (χ0v) is 12.9. The van der Waals surface area contributed by atoms with Gasteiger partial charge in [0.1, 0.15) is 6.61 Å². The fourth-order valence-corrected chi connectivity index (χ4v) is 2.71. The Morgan fingerprint density at radius 1 is 1.35 bits per heavy atom. The molecular formula is C14H26N4O2. The van der Waals surface area contributed by atoms with Crippen molar-refractivity contribution < 1.29 is 9.26 Å². The molecule has 1 fully saturated rings. The Morgan fingerprint density at radius 2 is 2.05 bits per heavy atom. The minimum absolute atomic E-state index is 0.174. The van der Waals surface area contributed by atoms with Crippen molar-refractivity contribution in [2.75, 3.05) is 20.2 Å². The molecule has 6 nitrogen and oxygen atoms in total. The number of likely N-dealkylation sites (tertiary alicyclic amines) is 1. The van der Waals surface area contributed by atoms with Gasteiger partial charge in [0.25, 0.3) is 0 Å². The number of hydrogen-bond acceptors (Lipinski definition) is 6. The Balaban J connectivity index is 1.85. The smallest absolute Gasteiger partial charge is 0.243 e. The Bertz CT molecular complexity index is 400. The summed E-state index contributed by atoms with van der Waals surface area (Å²) < 4.78 is 10.3. The second kappa shape index (κ2) is 7.15. The van der Waals surface area contributed by atoms with Gasteiger partial charge in [-0.2, -0.15) is 4.98 Å². The van der Waals surface area contributed by atoms with Crippen molar-refractivity contribution in [1.82, 2.24) is 20.4 Å². The van der Waals surface area contributed by atoms with Crippen LogP contribution in [-0.4, -0.2) is 47.3 Å². The maximum atomic E-state index is 5.33. The molecule has 0 aromatic carbocycles. The lowest BCUT2D eigenvalue weighted by Gasteiger charge is -2.35. The van der Waals surface area contributed by atoms with Gasteiger partial charge in [-0.1, -0.05) is 19.0 Å². The molecule has 20 heavy (non-hydrogen) atoms. The number of nitrogens with zero attached hydrogens (tertiary/aromatic N) is 3. The summed E-state index contributed by atoms with van der Waals surface area (Å²) in [4.78, 5) is 6.79. The Labute approximate surface area is 120 Å². The molecule has 0 radical (unpaired) electrons. The minimum Gasteiger partial charge on any atom is -0.377 e.